The Labute approximate surface area is 195 Å². The van der Waals surface area contributed by atoms with E-state index in [-0.39, 0.29) is 41.6 Å². The summed E-state index contributed by atoms with van der Waals surface area (Å²) >= 11 is 0. The van der Waals surface area contributed by atoms with E-state index < -0.39 is 15.9 Å². The maximum absolute atomic E-state index is 13.4. The van der Waals surface area contributed by atoms with Crippen LogP contribution in [-0.2, 0) is 10.0 Å². The van der Waals surface area contributed by atoms with Crippen LogP contribution < -0.4 is 15.4 Å². The van der Waals surface area contributed by atoms with E-state index in [0.717, 1.165) is 11.1 Å². The molecule has 1 heterocycles. The van der Waals surface area contributed by atoms with Crippen molar-refractivity contribution in [2.75, 3.05) is 32.7 Å². The van der Waals surface area contributed by atoms with Gasteiger partial charge in [0.15, 0.2) is 0 Å². The van der Waals surface area contributed by atoms with Gasteiger partial charge in [-0.3, -0.25) is 4.79 Å². The average molecular weight is 479 g/mol. The van der Waals surface area contributed by atoms with Gasteiger partial charge < -0.3 is 15.4 Å². The third-order valence-electron chi connectivity index (χ3n) is 4.85. The molecule has 0 aromatic heterocycles. The molecule has 8 nitrogen and oxygen atoms in total. The molecule has 0 saturated carbocycles. The Hall–Kier alpha value is -2.64. The predicted octanol–water partition coefficient (Wildman–Crippen LogP) is 2.75. The molecule has 1 amide bonds. The third kappa shape index (κ3) is 6.20. The summed E-state index contributed by atoms with van der Waals surface area (Å²) in [4.78, 5) is 12.4. The molecule has 32 heavy (non-hydrogen) atoms. The second-order valence-electron chi connectivity index (χ2n) is 7.41. The molecular weight excluding hydrogens is 452 g/mol. The SMILES string of the molecule is Cc1cc(C)cc(Oc2ccc(C(=O)NCCC#N)cc2S(=O)(=O)N2CCNCC2)c1.Cl. The molecule has 0 atom stereocenters. The number of nitriles is 1. The van der Waals surface area contributed by atoms with Gasteiger partial charge in [-0.15, -0.1) is 12.4 Å². The van der Waals surface area contributed by atoms with Crippen LogP contribution in [0.25, 0.3) is 0 Å². The fraction of sp³-hybridized carbons (Fsp3) is 0.364. The molecule has 2 N–H and O–H groups in total. The van der Waals surface area contributed by atoms with E-state index in [1.165, 1.54) is 22.5 Å². The fourth-order valence-electron chi connectivity index (χ4n) is 3.41. The van der Waals surface area contributed by atoms with Crippen LogP contribution in [-0.4, -0.2) is 51.4 Å². The summed E-state index contributed by atoms with van der Waals surface area (Å²) in [6, 6.07) is 12.0. The lowest BCUT2D eigenvalue weighted by Crippen LogP contribution is -2.46. The number of halogens is 1. The van der Waals surface area contributed by atoms with E-state index >= 15 is 0 Å². The minimum Gasteiger partial charge on any atom is -0.456 e. The molecule has 10 heteroatoms. The summed E-state index contributed by atoms with van der Waals surface area (Å²) in [7, 11) is -3.88. The minimum atomic E-state index is -3.88. The van der Waals surface area contributed by atoms with Gasteiger partial charge in [-0.2, -0.15) is 9.57 Å². The van der Waals surface area contributed by atoms with Crippen molar-refractivity contribution in [2.24, 2.45) is 0 Å². The second kappa shape index (κ2) is 11.3. The van der Waals surface area contributed by atoms with Crippen molar-refractivity contribution < 1.29 is 17.9 Å². The Kier molecular flexibility index (Phi) is 9.04. The van der Waals surface area contributed by atoms with Crippen molar-refractivity contribution in [3.05, 3.63) is 53.1 Å². The molecule has 1 saturated heterocycles. The van der Waals surface area contributed by atoms with Crippen molar-refractivity contribution in [1.82, 2.24) is 14.9 Å². The lowest BCUT2D eigenvalue weighted by Gasteiger charge is -2.27. The number of amides is 1. The van der Waals surface area contributed by atoms with Crippen molar-refractivity contribution in [2.45, 2.75) is 25.2 Å². The van der Waals surface area contributed by atoms with Gasteiger partial charge in [0.25, 0.3) is 5.91 Å². The molecular formula is C22H27ClN4O4S. The van der Waals surface area contributed by atoms with Crippen LogP contribution in [0.5, 0.6) is 11.5 Å². The molecule has 0 bridgehead atoms. The molecule has 2 aromatic rings. The number of ether oxygens (including phenoxy) is 1. The maximum atomic E-state index is 13.4. The zero-order valence-electron chi connectivity index (χ0n) is 18.1. The molecule has 1 fully saturated rings. The molecule has 0 spiro atoms. The topological polar surface area (TPSA) is 112 Å². The Bertz CT molecular complexity index is 1090. The first-order chi connectivity index (χ1) is 14.8. The van der Waals surface area contributed by atoms with Crippen molar-refractivity contribution in [3.63, 3.8) is 0 Å². The number of nitrogens with one attached hydrogen (secondary N) is 2. The summed E-state index contributed by atoms with van der Waals surface area (Å²) in [5.41, 5.74) is 2.18. The highest BCUT2D eigenvalue weighted by Crippen LogP contribution is 2.33. The van der Waals surface area contributed by atoms with Gasteiger partial charge in [0.1, 0.15) is 16.4 Å². The van der Waals surface area contributed by atoms with Gasteiger partial charge >= 0.3 is 0 Å². The lowest BCUT2D eigenvalue weighted by atomic mass is 10.1. The van der Waals surface area contributed by atoms with Crippen LogP contribution >= 0.6 is 12.4 Å². The molecule has 0 radical (unpaired) electrons. The highest BCUT2D eigenvalue weighted by atomic mass is 35.5. The number of aryl methyl sites for hydroxylation is 2. The average Bonchev–Trinajstić information content (AvgIpc) is 2.74. The summed E-state index contributed by atoms with van der Waals surface area (Å²) in [5.74, 6) is 0.252. The Morgan fingerprint density at radius 2 is 1.81 bits per heavy atom. The first kappa shape index (κ1) is 25.6. The number of carbonyl (C=O) groups excluding carboxylic acids is 1. The summed E-state index contributed by atoms with van der Waals surface area (Å²) in [6.07, 6.45) is 0.172. The zero-order valence-corrected chi connectivity index (χ0v) is 19.7. The van der Waals surface area contributed by atoms with Gasteiger partial charge in [-0.05, 0) is 55.3 Å². The van der Waals surface area contributed by atoms with Gasteiger partial charge in [-0.1, -0.05) is 6.07 Å². The van der Waals surface area contributed by atoms with Gasteiger partial charge in [0.2, 0.25) is 10.0 Å². The number of piperazine rings is 1. The summed E-state index contributed by atoms with van der Waals surface area (Å²) < 4.78 is 34.2. The monoisotopic (exact) mass is 478 g/mol. The zero-order chi connectivity index (χ0) is 22.4. The highest BCUT2D eigenvalue weighted by molar-refractivity contribution is 7.89. The largest absolute Gasteiger partial charge is 0.456 e. The number of sulfonamides is 1. The molecule has 0 unspecified atom stereocenters. The molecule has 1 aliphatic rings. The maximum Gasteiger partial charge on any atom is 0.251 e. The number of benzene rings is 2. The van der Waals surface area contributed by atoms with E-state index in [2.05, 4.69) is 10.6 Å². The smallest absolute Gasteiger partial charge is 0.251 e. The van der Waals surface area contributed by atoms with E-state index in [0.29, 0.717) is 31.9 Å². The number of hydrogen-bond acceptors (Lipinski definition) is 6. The Balaban J connectivity index is 0.00000363. The lowest BCUT2D eigenvalue weighted by molar-refractivity contribution is 0.0954. The normalized spacial score (nSPS) is 14.2. The van der Waals surface area contributed by atoms with E-state index in [4.69, 9.17) is 10.00 Å². The number of carbonyl (C=O) groups is 1. The summed E-state index contributed by atoms with van der Waals surface area (Å²) in [5, 5.41) is 14.4. The quantitative estimate of drug-likeness (QED) is 0.592. The van der Waals surface area contributed by atoms with Crippen LogP contribution in [0.3, 0.4) is 0 Å². The number of hydrogen-bond donors (Lipinski definition) is 2. The minimum absolute atomic E-state index is 0. The third-order valence-corrected chi connectivity index (χ3v) is 6.76. The van der Waals surface area contributed by atoms with Crippen molar-refractivity contribution in [3.8, 4) is 17.6 Å². The fourth-order valence-corrected chi connectivity index (χ4v) is 4.99. The Morgan fingerprint density at radius 3 is 2.44 bits per heavy atom. The summed E-state index contributed by atoms with van der Waals surface area (Å²) in [6.45, 7) is 5.85. The second-order valence-corrected chi connectivity index (χ2v) is 9.31. The van der Waals surface area contributed by atoms with Crippen LogP contribution in [0.1, 0.15) is 27.9 Å². The standard InChI is InChI=1S/C22H26N4O4S.ClH/c1-16-12-17(2)14-19(13-16)30-20-5-4-18(22(27)25-7-3-6-23)15-21(20)31(28,29)26-10-8-24-9-11-26;/h4-5,12-15,24H,3,7-11H2,1-2H3,(H,25,27);1H. The first-order valence-corrected chi connectivity index (χ1v) is 11.5. The molecule has 172 valence electrons. The van der Waals surface area contributed by atoms with Gasteiger partial charge in [0, 0.05) is 38.3 Å². The van der Waals surface area contributed by atoms with Crippen LogP contribution in [0, 0.1) is 25.2 Å². The van der Waals surface area contributed by atoms with Crippen LogP contribution in [0.2, 0.25) is 0 Å². The number of nitrogens with zero attached hydrogens (tertiary/aromatic N) is 2. The number of rotatable bonds is 7. The first-order valence-electron chi connectivity index (χ1n) is 10.1. The van der Waals surface area contributed by atoms with Crippen LogP contribution in [0.15, 0.2) is 41.3 Å². The van der Waals surface area contributed by atoms with Crippen molar-refractivity contribution in [1.29, 1.82) is 5.26 Å². The molecule has 1 aliphatic heterocycles. The molecule has 2 aromatic carbocycles. The van der Waals surface area contributed by atoms with Gasteiger partial charge in [-0.25, -0.2) is 8.42 Å². The van der Waals surface area contributed by atoms with Crippen molar-refractivity contribution >= 4 is 28.3 Å². The van der Waals surface area contributed by atoms with Crippen LogP contribution in [0.4, 0.5) is 0 Å². The van der Waals surface area contributed by atoms with Gasteiger partial charge in [0.05, 0.1) is 12.5 Å². The molecule has 3 rings (SSSR count). The van der Waals surface area contributed by atoms with E-state index in [9.17, 15) is 13.2 Å². The molecule has 0 aliphatic carbocycles. The predicted molar refractivity (Wildman–Crippen MR) is 124 cm³/mol. The van der Waals surface area contributed by atoms with E-state index in [1.54, 1.807) is 0 Å². The Morgan fingerprint density at radius 1 is 1.16 bits per heavy atom. The highest BCUT2D eigenvalue weighted by Gasteiger charge is 2.30. The van der Waals surface area contributed by atoms with E-state index in [1.807, 2.05) is 38.1 Å².